The molecule has 5 heteroatoms. The van der Waals surface area contributed by atoms with Crippen molar-refractivity contribution in [1.82, 2.24) is 14.8 Å². The molecular weight excluding hydrogens is 374 g/mol. The summed E-state index contributed by atoms with van der Waals surface area (Å²) < 4.78 is 0. The number of amides is 2. The van der Waals surface area contributed by atoms with Gasteiger partial charge in [0.05, 0.1) is 0 Å². The van der Waals surface area contributed by atoms with Crippen LogP contribution in [0.1, 0.15) is 48.0 Å². The molecule has 1 aromatic heterocycles. The van der Waals surface area contributed by atoms with Crippen molar-refractivity contribution >= 4 is 11.8 Å². The molecule has 30 heavy (non-hydrogen) atoms. The Morgan fingerprint density at radius 3 is 2.13 bits per heavy atom. The van der Waals surface area contributed by atoms with E-state index in [2.05, 4.69) is 40.2 Å². The Kier molecular flexibility index (Phi) is 6.77. The van der Waals surface area contributed by atoms with Gasteiger partial charge < -0.3 is 9.80 Å². The lowest BCUT2D eigenvalue weighted by Crippen LogP contribution is -2.46. The molecule has 0 saturated carbocycles. The van der Waals surface area contributed by atoms with Crippen LogP contribution in [0.15, 0.2) is 54.9 Å². The van der Waals surface area contributed by atoms with Crippen LogP contribution in [0.5, 0.6) is 0 Å². The maximum Gasteiger partial charge on any atom is 0.253 e. The number of hydrogen-bond acceptors (Lipinski definition) is 3. The van der Waals surface area contributed by atoms with Crippen molar-refractivity contribution in [2.24, 2.45) is 11.8 Å². The smallest absolute Gasteiger partial charge is 0.253 e. The third-order valence-electron chi connectivity index (χ3n) is 6.67. The van der Waals surface area contributed by atoms with Crippen LogP contribution in [-0.2, 0) is 11.2 Å². The molecule has 0 spiro atoms. The first-order valence-corrected chi connectivity index (χ1v) is 11.2. The molecule has 0 atom stereocenters. The minimum Gasteiger partial charge on any atom is -0.342 e. The molecule has 5 nitrogen and oxygen atoms in total. The van der Waals surface area contributed by atoms with E-state index in [0.717, 1.165) is 45.2 Å². The van der Waals surface area contributed by atoms with Gasteiger partial charge in [-0.15, -0.1) is 0 Å². The van der Waals surface area contributed by atoms with Crippen molar-refractivity contribution in [3.05, 3.63) is 66.0 Å². The highest BCUT2D eigenvalue weighted by Gasteiger charge is 2.32. The van der Waals surface area contributed by atoms with Gasteiger partial charge in [-0.05, 0) is 62.1 Å². The lowest BCUT2D eigenvalue weighted by atomic mass is 9.89. The van der Waals surface area contributed by atoms with Gasteiger partial charge in [0, 0.05) is 50.1 Å². The molecule has 2 aliphatic heterocycles. The van der Waals surface area contributed by atoms with Crippen LogP contribution in [0.4, 0.5) is 0 Å². The molecule has 0 unspecified atom stereocenters. The third-order valence-corrected chi connectivity index (χ3v) is 6.67. The van der Waals surface area contributed by atoms with E-state index in [1.54, 1.807) is 24.5 Å². The number of pyridine rings is 1. The topological polar surface area (TPSA) is 53.5 Å². The number of benzene rings is 1. The molecule has 0 bridgehead atoms. The van der Waals surface area contributed by atoms with E-state index in [-0.39, 0.29) is 11.8 Å². The fourth-order valence-corrected chi connectivity index (χ4v) is 4.72. The van der Waals surface area contributed by atoms with E-state index in [1.165, 1.54) is 12.0 Å². The minimum absolute atomic E-state index is 0.0440. The number of carbonyl (C=O) groups excluding carboxylic acids is 2. The fraction of sp³-hybridized carbons (Fsp3) is 0.480. The molecule has 4 rings (SSSR count). The first-order valence-electron chi connectivity index (χ1n) is 11.2. The van der Waals surface area contributed by atoms with Gasteiger partial charge in [0.15, 0.2) is 0 Å². The standard InChI is InChI=1S/C25H31N3O2/c29-24(22-8-14-26-15-9-22)28-18-12-23(13-19-28)25(30)27-16-10-21(11-17-27)7-6-20-4-2-1-3-5-20/h1-5,8-9,14-15,21,23H,6-7,10-13,16-19H2. The van der Waals surface area contributed by atoms with Crippen LogP contribution in [0.25, 0.3) is 0 Å². The summed E-state index contributed by atoms with van der Waals surface area (Å²) in [7, 11) is 0. The summed E-state index contributed by atoms with van der Waals surface area (Å²) in [6, 6.07) is 14.2. The molecule has 0 aliphatic carbocycles. The van der Waals surface area contributed by atoms with E-state index >= 15 is 0 Å². The number of carbonyl (C=O) groups is 2. The quantitative estimate of drug-likeness (QED) is 0.760. The SMILES string of the molecule is O=C(c1ccncc1)N1CCC(C(=O)N2CCC(CCc3ccccc3)CC2)CC1. The summed E-state index contributed by atoms with van der Waals surface area (Å²) >= 11 is 0. The normalized spacial score (nSPS) is 18.4. The van der Waals surface area contributed by atoms with Crippen molar-refractivity contribution < 1.29 is 9.59 Å². The van der Waals surface area contributed by atoms with Gasteiger partial charge in [-0.2, -0.15) is 0 Å². The largest absolute Gasteiger partial charge is 0.342 e. The minimum atomic E-state index is 0.0440. The molecule has 2 amide bonds. The average Bonchev–Trinajstić information content (AvgIpc) is 2.83. The van der Waals surface area contributed by atoms with Crippen LogP contribution < -0.4 is 0 Å². The van der Waals surface area contributed by atoms with Gasteiger partial charge in [-0.25, -0.2) is 0 Å². The van der Waals surface area contributed by atoms with Crippen LogP contribution in [0, 0.1) is 11.8 Å². The van der Waals surface area contributed by atoms with Gasteiger partial charge in [0.25, 0.3) is 5.91 Å². The second kappa shape index (κ2) is 9.88. The molecule has 158 valence electrons. The number of hydrogen-bond donors (Lipinski definition) is 0. The van der Waals surface area contributed by atoms with E-state index < -0.39 is 0 Å². The number of nitrogens with zero attached hydrogens (tertiary/aromatic N) is 3. The molecule has 2 aliphatic rings. The Morgan fingerprint density at radius 2 is 1.47 bits per heavy atom. The molecule has 3 heterocycles. The van der Waals surface area contributed by atoms with E-state index in [4.69, 9.17) is 0 Å². The maximum absolute atomic E-state index is 13.0. The van der Waals surface area contributed by atoms with Gasteiger partial charge in [0.1, 0.15) is 0 Å². The summed E-state index contributed by atoms with van der Waals surface area (Å²) in [4.78, 5) is 33.5. The number of aromatic nitrogens is 1. The zero-order valence-electron chi connectivity index (χ0n) is 17.6. The lowest BCUT2D eigenvalue weighted by molar-refractivity contribution is -0.138. The molecule has 0 N–H and O–H groups in total. The summed E-state index contributed by atoms with van der Waals surface area (Å²) in [5.74, 6) is 1.12. The van der Waals surface area contributed by atoms with Crippen molar-refractivity contribution in [2.75, 3.05) is 26.2 Å². The Bertz CT molecular complexity index is 824. The first kappa shape index (κ1) is 20.6. The van der Waals surface area contributed by atoms with Crippen molar-refractivity contribution in [3.8, 4) is 0 Å². The number of aryl methyl sites for hydroxylation is 1. The Morgan fingerprint density at radius 1 is 0.833 bits per heavy atom. The molecular formula is C25H31N3O2. The Balaban J connectivity index is 1.20. The highest BCUT2D eigenvalue weighted by molar-refractivity contribution is 5.94. The summed E-state index contributed by atoms with van der Waals surface area (Å²) in [5, 5.41) is 0. The van der Waals surface area contributed by atoms with Crippen LogP contribution in [0.2, 0.25) is 0 Å². The molecule has 2 saturated heterocycles. The average molecular weight is 406 g/mol. The zero-order chi connectivity index (χ0) is 20.8. The third kappa shape index (κ3) is 5.07. The van der Waals surface area contributed by atoms with E-state index in [0.29, 0.717) is 30.5 Å². The van der Waals surface area contributed by atoms with Crippen LogP contribution in [0.3, 0.4) is 0 Å². The number of piperidine rings is 2. The monoisotopic (exact) mass is 405 g/mol. The molecule has 2 aromatic rings. The lowest BCUT2D eigenvalue weighted by Gasteiger charge is -2.37. The Labute approximate surface area is 179 Å². The van der Waals surface area contributed by atoms with Crippen molar-refractivity contribution in [3.63, 3.8) is 0 Å². The second-order valence-corrected chi connectivity index (χ2v) is 8.60. The molecule has 2 fully saturated rings. The number of likely N-dealkylation sites (tertiary alicyclic amines) is 2. The van der Waals surface area contributed by atoms with E-state index in [9.17, 15) is 9.59 Å². The van der Waals surface area contributed by atoms with Gasteiger partial charge >= 0.3 is 0 Å². The maximum atomic E-state index is 13.0. The Hall–Kier alpha value is -2.69. The van der Waals surface area contributed by atoms with Crippen molar-refractivity contribution in [1.29, 1.82) is 0 Å². The predicted molar refractivity (Wildman–Crippen MR) is 117 cm³/mol. The summed E-state index contributed by atoms with van der Waals surface area (Å²) in [6.45, 7) is 3.08. The van der Waals surface area contributed by atoms with Gasteiger partial charge in [0.2, 0.25) is 5.91 Å². The summed E-state index contributed by atoms with van der Waals surface area (Å²) in [6.07, 6.45) is 9.38. The zero-order valence-corrected chi connectivity index (χ0v) is 17.6. The highest BCUT2D eigenvalue weighted by atomic mass is 16.2. The predicted octanol–water partition coefficient (Wildman–Crippen LogP) is 3.81. The second-order valence-electron chi connectivity index (χ2n) is 8.60. The fourth-order valence-electron chi connectivity index (χ4n) is 4.72. The highest BCUT2D eigenvalue weighted by Crippen LogP contribution is 2.26. The van der Waals surface area contributed by atoms with E-state index in [1.807, 2.05) is 4.90 Å². The van der Waals surface area contributed by atoms with Crippen LogP contribution in [-0.4, -0.2) is 52.8 Å². The molecule has 0 radical (unpaired) electrons. The summed E-state index contributed by atoms with van der Waals surface area (Å²) in [5.41, 5.74) is 2.08. The molecule has 1 aromatic carbocycles. The van der Waals surface area contributed by atoms with Crippen molar-refractivity contribution in [2.45, 2.75) is 38.5 Å². The van der Waals surface area contributed by atoms with Crippen LogP contribution >= 0.6 is 0 Å². The van der Waals surface area contributed by atoms with Gasteiger partial charge in [-0.3, -0.25) is 14.6 Å². The van der Waals surface area contributed by atoms with Gasteiger partial charge in [-0.1, -0.05) is 30.3 Å². The number of rotatable bonds is 5. The first-order chi connectivity index (χ1) is 14.7.